The van der Waals surface area contributed by atoms with E-state index in [9.17, 15) is 5.11 Å². The van der Waals surface area contributed by atoms with Gasteiger partial charge in [-0.3, -0.25) is 5.32 Å². The molecule has 0 radical (unpaired) electrons. The largest absolute Gasteiger partial charge is 0.376 e. The Morgan fingerprint density at radius 1 is 1.50 bits per heavy atom. The fraction of sp³-hybridized carbons (Fsp3) is 1.00. The van der Waals surface area contributed by atoms with Crippen molar-refractivity contribution in [2.24, 2.45) is 0 Å². The molecule has 0 amide bonds. The summed E-state index contributed by atoms with van der Waals surface area (Å²) in [6, 6.07) is 0. The molecule has 1 aliphatic rings. The molecule has 1 rings (SSSR count). The van der Waals surface area contributed by atoms with E-state index < -0.39 is 5.72 Å². The van der Waals surface area contributed by atoms with E-state index in [0.717, 1.165) is 19.4 Å². The van der Waals surface area contributed by atoms with Crippen molar-refractivity contribution in [1.82, 2.24) is 5.32 Å². The van der Waals surface area contributed by atoms with Crippen LogP contribution in [0.2, 0.25) is 0 Å². The minimum Gasteiger partial charge on any atom is -0.376 e. The molecule has 0 bridgehead atoms. The van der Waals surface area contributed by atoms with Gasteiger partial charge in [-0.15, -0.1) is 0 Å². The first kappa shape index (κ1) is 6.05. The van der Waals surface area contributed by atoms with E-state index in [1.165, 1.54) is 6.42 Å². The average Bonchev–Trinajstić information content (AvgIpc) is 1.65. The van der Waals surface area contributed by atoms with Crippen molar-refractivity contribution in [2.75, 3.05) is 6.54 Å². The fourth-order valence-electron chi connectivity index (χ4n) is 1.04. The summed E-state index contributed by atoms with van der Waals surface area (Å²) in [5, 5.41) is 12.3. The molecule has 0 aliphatic carbocycles. The Morgan fingerprint density at radius 2 is 2.25 bits per heavy atom. The molecular formula is C6H13NO. The number of nitrogens with one attached hydrogen (secondary N) is 1. The fourth-order valence-corrected chi connectivity index (χ4v) is 1.04. The Balaban J connectivity index is 2.33. The minimum absolute atomic E-state index is 0.571. The van der Waals surface area contributed by atoms with Crippen LogP contribution >= 0.6 is 0 Å². The molecule has 2 heteroatoms. The maximum atomic E-state index is 9.26. The van der Waals surface area contributed by atoms with E-state index in [0.29, 0.717) is 0 Å². The first-order valence-electron chi connectivity index (χ1n) is 3.18. The highest BCUT2D eigenvalue weighted by atomic mass is 16.3. The van der Waals surface area contributed by atoms with Gasteiger partial charge in [-0.25, -0.2) is 0 Å². The van der Waals surface area contributed by atoms with E-state index in [-0.39, 0.29) is 0 Å². The summed E-state index contributed by atoms with van der Waals surface area (Å²) < 4.78 is 0. The number of aliphatic hydroxyl groups is 1. The zero-order chi connectivity index (χ0) is 6.04. The van der Waals surface area contributed by atoms with Crippen molar-refractivity contribution in [2.45, 2.75) is 31.9 Å². The van der Waals surface area contributed by atoms with Crippen LogP contribution in [0.25, 0.3) is 0 Å². The quantitative estimate of drug-likeness (QED) is 0.481. The molecule has 0 aromatic carbocycles. The van der Waals surface area contributed by atoms with Gasteiger partial charge in [-0.1, -0.05) is 0 Å². The predicted molar refractivity (Wildman–Crippen MR) is 32.5 cm³/mol. The second kappa shape index (κ2) is 2.03. The first-order chi connectivity index (χ1) is 3.71. The molecule has 1 fully saturated rings. The van der Waals surface area contributed by atoms with Crippen molar-refractivity contribution < 1.29 is 5.11 Å². The second-order valence-corrected chi connectivity index (χ2v) is 2.66. The standard InChI is InChI=1S/C6H13NO/c1-6(8)4-2-3-5-7-6/h7-8H,2-5H2,1H3. The van der Waals surface area contributed by atoms with Crippen molar-refractivity contribution in [3.05, 3.63) is 0 Å². The highest BCUT2D eigenvalue weighted by Gasteiger charge is 2.21. The summed E-state index contributed by atoms with van der Waals surface area (Å²) in [6.07, 6.45) is 3.25. The number of hydrogen-bond acceptors (Lipinski definition) is 2. The van der Waals surface area contributed by atoms with Gasteiger partial charge in [0.15, 0.2) is 0 Å². The van der Waals surface area contributed by atoms with Gasteiger partial charge < -0.3 is 5.11 Å². The molecule has 2 nitrogen and oxygen atoms in total. The van der Waals surface area contributed by atoms with Crippen molar-refractivity contribution in [3.8, 4) is 0 Å². The molecule has 0 spiro atoms. The van der Waals surface area contributed by atoms with Crippen LogP contribution in [-0.2, 0) is 0 Å². The van der Waals surface area contributed by atoms with E-state index >= 15 is 0 Å². The Bertz CT molecular complexity index is 72.6. The monoisotopic (exact) mass is 115 g/mol. The Kier molecular flexibility index (Phi) is 1.54. The molecule has 48 valence electrons. The van der Waals surface area contributed by atoms with Crippen LogP contribution < -0.4 is 5.32 Å². The summed E-state index contributed by atoms with van der Waals surface area (Å²) in [7, 11) is 0. The smallest absolute Gasteiger partial charge is 0.113 e. The van der Waals surface area contributed by atoms with Gasteiger partial charge in [0.25, 0.3) is 0 Å². The van der Waals surface area contributed by atoms with Gasteiger partial charge >= 0.3 is 0 Å². The van der Waals surface area contributed by atoms with Gasteiger partial charge in [0, 0.05) is 0 Å². The summed E-state index contributed by atoms with van der Waals surface area (Å²) in [5.74, 6) is 0. The first-order valence-corrected chi connectivity index (χ1v) is 3.18. The normalized spacial score (nSPS) is 39.8. The van der Waals surface area contributed by atoms with E-state index in [2.05, 4.69) is 5.32 Å². The summed E-state index contributed by atoms with van der Waals surface area (Å²) in [4.78, 5) is 0. The summed E-state index contributed by atoms with van der Waals surface area (Å²) in [5.41, 5.74) is -0.571. The van der Waals surface area contributed by atoms with Crippen molar-refractivity contribution >= 4 is 0 Å². The number of piperidine rings is 1. The molecule has 1 heterocycles. The Morgan fingerprint density at radius 3 is 2.50 bits per heavy atom. The van der Waals surface area contributed by atoms with E-state index in [1.807, 2.05) is 6.92 Å². The second-order valence-electron chi connectivity index (χ2n) is 2.66. The Labute approximate surface area is 49.9 Å². The van der Waals surface area contributed by atoms with Crippen LogP contribution in [0.15, 0.2) is 0 Å². The number of hydrogen-bond donors (Lipinski definition) is 2. The molecule has 1 atom stereocenters. The highest BCUT2D eigenvalue weighted by molar-refractivity contribution is 4.73. The SMILES string of the molecule is CC1(O)CCCCN1. The third-order valence-electron chi connectivity index (χ3n) is 1.60. The maximum absolute atomic E-state index is 9.26. The molecule has 2 N–H and O–H groups in total. The van der Waals surface area contributed by atoms with E-state index in [4.69, 9.17) is 0 Å². The zero-order valence-electron chi connectivity index (χ0n) is 5.28. The zero-order valence-corrected chi connectivity index (χ0v) is 5.28. The van der Waals surface area contributed by atoms with Crippen LogP contribution in [0.3, 0.4) is 0 Å². The number of rotatable bonds is 0. The van der Waals surface area contributed by atoms with Crippen LogP contribution in [0.5, 0.6) is 0 Å². The summed E-state index contributed by atoms with van der Waals surface area (Å²) >= 11 is 0. The molecule has 0 aromatic heterocycles. The maximum Gasteiger partial charge on any atom is 0.113 e. The third kappa shape index (κ3) is 1.46. The lowest BCUT2D eigenvalue weighted by Crippen LogP contribution is -2.45. The molecule has 1 unspecified atom stereocenters. The van der Waals surface area contributed by atoms with E-state index in [1.54, 1.807) is 0 Å². The van der Waals surface area contributed by atoms with Gasteiger partial charge in [0.1, 0.15) is 5.72 Å². The minimum atomic E-state index is -0.571. The van der Waals surface area contributed by atoms with Crippen molar-refractivity contribution in [1.29, 1.82) is 0 Å². The van der Waals surface area contributed by atoms with Crippen molar-refractivity contribution in [3.63, 3.8) is 0 Å². The van der Waals surface area contributed by atoms with Crippen LogP contribution in [-0.4, -0.2) is 17.4 Å². The van der Waals surface area contributed by atoms with Gasteiger partial charge in [0.2, 0.25) is 0 Å². The Hall–Kier alpha value is -0.0800. The lowest BCUT2D eigenvalue weighted by molar-refractivity contribution is -0.000412. The molecule has 1 saturated heterocycles. The molecule has 0 aromatic rings. The van der Waals surface area contributed by atoms with Crippen LogP contribution in [0, 0.1) is 0 Å². The lowest BCUT2D eigenvalue weighted by Gasteiger charge is -2.28. The summed E-state index contributed by atoms with van der Waals surface area (Å²) in [6.45, 7) is 2.79. The molecular weight excluding hydrogens is 102 g/mol. The average molecular weight is 115 g/mol. The van der Waals surface area contributed by atoms with Crippen LogP contribution in [0.4, 0.5) is 0 Å². The van der Waals surface area contributed by atoms with Gasteiger partial charge in [-0.05, 0) is 32.7 Å². The third-order valence-corrected chi connectivity index (χ3v) is 1.60. The molecule has 0 saturated carbocycles. The lowest BCUT2D eigenvalue weighted by atomic mass is 10.0. The predicted octanol–water partition coefficient (Wildman–Crippen LogP) is 0.468. The highest BCUT2D eigenvalue weighted by Crippen LogP contribution is 2.13. The van der Waals surface area contributed by atoms with Crippen LogP contribution in [0.1, 0.15) is 26.2 Å². The molecule has 1 aliphatic heterocycles. The van der Waals surface area contributed by atoms with Gasteiger partial charge in [-0.2, -0.15) is 0 Å². The van der Waals surface area contributed by atoms with Gasteiger partial charge in [0.05, 0.1) is 0 Å². The molecule has 8 heavy (non-hydrogen) atoms. The topological polar surface area (TPSA) is 32.3 Å².